The molecule has 3 heterocycles. The van der Waals surface area contributed by atoms with Crippen molar-refractivity contribution < 1.29 is 4.79 Å². The van der Waals surface area contributed by atoms with E-state index in [4.69, 9.17) is 4.98 Å². The average molecular weight is 400 g/mol. The SMILES string of the molecule is Cc1cc(Cc2ccccc2C)cc([C@H]2CCCN(C(=O)Cc3ccccn3)C2)n1. The number of carbonyl (C=O) groups excluding carboxylic acids is 1. The minimum absolute atomic E-state index is 0.159. The Bertz CT molecular complexity index is 1020. The normalized spacial score (nSPS) is 16.5. The Kier molecular flexibility index (Phi) is 6.22. The van der Waals surface area contributed by atoms with Gasteiger partial charge in [0.15, 0.2) is 0 Å². The highest BCUT2D eigenvalue weighted by Crippen LogP contribution is 2.28. The fourth-order valence-electron chi connectivity index (χ4n) is 4.32. The Morgan fingerprint density at radius 3 is 2.73 bits per heavy atom. The molecule has 1 aromatic carbocycles. The van der Waals surface area contributed by atoms with Crippen molar-refractivity contribution in [1.29, 1.82) is 0 Å². The summed E-state index contributed by atoms with van der Waals surface area (Å²) in [6.07, 6.45) is 5.12. The van der Waals surface area contributed by atoms with E-state index in [9.17, 15) is 4.79 Å². The second kappa shape index (κ2) is 9.21. The number of nitrogens with zero attached hydrogens (tertiary/aromatic N) is 3. The van der Waals surface area contributed by atoms with Crippen LogP contribution >= 0.6 is 0 Å². The van der Waals surface area contributed by atoms with E-state index >= 15 is 0 Å². The molecule has 4 nitrogen and oxygen atoms in total. The molecule has 1 amide bonds. The number of carbonyl (C=O) groups is 1. The third-order valence-corrected chi connectivity index (χ3v) is 5.94. The fourth-order valence-corrected chi connectivity index (χ4v) is 4.32. The Morgan fingerprint density at radius 2 is 1.93 bits per heavy atom. The summed E-state index contributed by atoms with van der Waals surface area (Å²) in [4.78, 5) is 24.0. The molecular weight excluding hydrogens is 370 g/mol. The molecule has 1 atom stereocenters. The van der Waals surface area contributed by atoms with E-state index in [0.717, 1.165) is 49.4 Å². The first-order chi connectivity index (χ1) is 14.6. The number of aryl methyl sites for hydroxylation is 2. The molecule has 3 aromatic rings. The van der Waals surface area contributed by atoms with Crippen molar-refractivity contribution in [2.24, 2.45) is 0 Å². The van der Waals surface area contributed by atoms with E-state index < -0.39 is 0 Å². The number of hydrogen-bond donors (Lipinski definition) is 0. The zero-order chi connectivity index (χ0) is 20.9. The van der Waals surface area contributed by atoms with Crippen molar-refractivity contribution in [3.8, 4) is 0 Å². The van der Waals surface area contributed by atoms with E-state index in [2.05, 4.69) is 55.2 Å². The maximum Gasteiger partial charge on any atom is 0.228 e. The van der Waals surface area contributed by atoms with Crippen LogP contribution in [0.15, 0.2) is 60.8 Å². The van der Waals surface area contributed by atoms with E-state index in [1.54, 1.807) is 6.20 Å². The molecule has 0 radical (unpaired) electrons. The first-order valence-electron chi connectivity index (χ1n) is 10.8. The van der Waals surface area contributed by atoms with Crippen LogP contribution in [-0.4, -0.2) is 33.9 Å². The van der Waals surface area contributed by atoms with Crippen LogP contribution in [0.4, 0.5) is 0 Å². The first kappa shape index (κ1) is 20.3. The van der Waals surface area contributed by atoms with Gasteiger partial charge in [0.25, 0.3) is 0 Å². The molecule has 0 saturated carbocycles. The number of benzene rings is 1. The minimum Gasteiger partial charge on any atom is -0.342 e. The third-order valence-electron chi connectivity index (χ3n) is 5.94. The van der Waals surface area contributed by atoms with Crippen molar-refractivity contribution in [2.75, 3.05) is 13.1 Å². The molecule has 0 spiro atoms. The van der Waals surface area contributed by atoms with Crippen LogP contribution in [0.2, 0.25) is 0 Å². The van der Waals surface area contributed by atoms with E-state index in [1.165, 1.54) is 16.7 Å². The van der Waals surface area contributed by atoms with Gasteiger partial charge >= 0.3 is 0 Å². The summed E-state index contributed by atoms with van der Waals surface area (Å²) >= 11 is 0. The molecule has 0 unspecified atom stereocenters. The molecule has 0 aliphatic carbocycles. The summed E-state index contributed by atoms with van der Waals surface area (Å²) in [5.41, 5.74) is 6.96. The lowest BCUT2D eigenvalue weighted by atomic mass is 9.91. The fraction of sp³-hybridized carbons (Fsp3) is 0.346. The van der Waals surface area contributed by atoms with Crippen molar-refractivity contribution in [2.45, 2.75) is 45.4 Å². The molecular formula is C26H29N3O. The standard InChI is InChI=1S/C26H29N3O/c1-19-8-3-4-9-22(19)15-21-14-20(2)28-25(16-21)23-10-7-13-29(18-23)26(30)17-24-11-5-6-12-27-24/h3-6,8-9,11-12,14,16,23H,7,10,13,15,17-18H2,1-2H3/t23-/m0/s1. The first-order valence-corrected chi connectivity index (χ1v) is 10.8. The van der Waals surface area contributed by atoms with Gasteiger partial charge in [0.2, 0.25) is 5.91 Å². The lowest BCUT2D eigenvalue weighted by molar-refractivity contribution is -0.131. The predicted molar refractivity (Wildman–Crippen MR) is 119 cm³/mol. The molecule has 154 valence electrons. The average Bonchev–Trinajstić information content (AvgIpc) is 2.76. The Hall–Kier alpha value is -3.01. The van der Waals surface area contributed by atoms with Crippen LogP contribution in [0.25, 0.3) is 0 Å². The second-order valence-electron chi connectivity index (χ2n) is 8.32. The van der Waals surface area contributed by atoms with E-state index in [-0.39, 0.29) is 5.91 Å². The zero-order valence-electron chi connectivity index (χ0n) is 17.8. The predicted octanol–water partition coefficient (Wildman–Crippen LogP) is 4.63. The number of pyridine rings is 2. The van der Waals surface area contributed by atoms with Crippen LogP contribution in [0.1, 0.15) is 52.5 Å². The summed E-state index contributed by atoms with van der Waals surface area (Å²) in [5.74, 6) is 0.452. The van der Waals surface area contributed by atoms with Crippen LogP contribution in [0, 0.1) is 13.8 Å². The monoisotopic (exact) mass is 399 g/mol. The summed E-state index contributed by atoms with van der Waals surface area (Å²) < 4.78 is 0. The highest BCUT2D eigenvalue weighted by atomic mass is 16.2. The Labute approximate surface area is 179 Å². The molecule has 30 heavy (non-hydrogen) atoms. The molecule has 1 aliphatic heterocycles. The van der Waals surface area contributed by atoms with Crippen LogP contribution in [0.3, 0.4) is 0 Å². The molecule has 0 N–H and O–H groups in total. The highest BCUT2D eigenvalue weighted by molar-refractivity contribution is 5.78. The Morgan fingerprint density at radius 1 is 1.10 bits per heavy atom. The largest absolute Gasteiger partial charge is 0.342 e. The van der Waals surface area contributed by atoms with Crippen molar-refractivity contribution in [1.82, 2.24) is 14.9 Å². The lowest BCUT2D eigenvalue weighted by Crippen LogP contribution is -2.40. The van der Waals surface area contributed by atoms with Crippen LogP contribution < -0.4 is 0 Å². The molecule has 4 heteroatoms. The summed E-state index contributed by atoms with van der Waals surface area (Å²) in [5, 5.41) is 0. The Balaban J connectivity index is 1.48. The van der Waals surface area contributed by atoms with Crippen molar-refractivity contribution >= 4 is 5.91 Å². The summed E-state index contributed by atoms with van der Waals surface area (Å²) in [6, 6.07) is 18.7. The summed E-state index contributed by atoms with van der Waals surface area (Å²) in [7, 11) is 0. The zero-order valence-corrected chi connectivity index (χ0v) is 17.8. The van der Waals surface area contributed by atoms with Crippen LogP contribution in [-0.2, 0) is 17.6 Å². The topological polar surface area (TPSA) is 46.1 Å². The van der Waals surface area contributed by atoms with Gasteiger partial charge in [0.1, 0.15) is 0 Å². The lowest BCUT2D eigenvalue weighted by Gasteiger charge is -2.33. The van der Waals surface area contributed by atoms with Crippen molar-refractivity contribution in [3.63, 3.8) is 0 Å². The van der Waals surface area contributed by atoms with Gasteiger partial charge in [-0.25, -0.2) is 0 Å². The highest BCUT2D eigenvalue weighted by Gasteiger charge is 2.26. The minimum atomic E-state index is 0.159. The maximum absolute atomic E-state index is 12.8. The van der Waals surface area contributed by atoms with Gasteiger partial charge in [-0.2, -0.15) is 0 Å². The number of amides is 1. The van der Waals surface area contributed by atoms with Gasteiger partial charge in [-0.05, 0) is 74.1 Å². The maximum atomic E-state index is 12.8. The van der Waals surface area contributed by atoms with Gasteiger partial charge in [0.05, 0.1) is 6.42 Å². The quantitative estimate of drug-likeness (QED) is 0.628. The van der Waals surface area contributed by atoms with Gasteiger partial charge in [-0.1, -0.05) is 30.3 Å². The number of rotatable bonds is 5. The molecule has 4 rings (SSSR count). The number of aromatic nitrogens is 2. The summed E-state index contributed by atoms with van der Waals surface area (Å²) in [6.45, 7) is 5.80. The van der Waals surface area contributed by atoms with Gasteiger partial charge in [-0.3, -0.25) is 14.8 Å². The smallest absolute Gasteiger partial charge is 0.228 e. The van der Waals surface area contributed by atoms with E-state index in [0.29, 0.717) is 12.3 Å². The van der Waals surface area contributed by atoms with Crippen molar-refractivity contribution in [3.05, 3.63) is 94.6 Å². The van der Waals surface area contributed by atoms with Gasteiger partial charge in [0, 0.05) is 42.3 Å². The van der Waals surface area contributed by atoms with Crippen LogP contribution in [0.5, 0.6) is 0 Å². The molecule has 1 aliphatic rings. The molecule has 0 bridgehead atoms. The number of likely N-dealkylation sites (tertiary alicyclic amines) is 1. The number of piperidine rings is 1. The molecule has 1 fully saturated rings. The molecule has 1 saturated heterocycles. The van der Waals surface area contributed by atoms with Gasteiger partial charge < -0.3 is 4.90 Å². The molecule has 2 aromatic heterocycles. The second-order valence-corrected chi connectivity index (χ2v) is 8.32. The van der Waals surface area contributed by atoms with E-state index in [1.807, 2.05) is 23.1 Å². The third kappa shape index (κ3) is 4.93. The number of hydrogen-bond acceptors (Lipinski definition) is 3. The van der Waals surface area contributed by atoms with Gasteiger partial charge in [-0.15, -0.1) is 0 Å².